The van der Waals surface area contributed by atoms with Crippen molar-refractivity contribution in [1.29, 1.82) is 5.26 Å². The average molecular weight is 277 g/mol. The number of nitriles is 1. The summed E-state index contributed by atoms with van der Waals surface area (Å²) in [5.74, 6) is -0.850. The molecule has 0 saturated carbocycles. The van der Waals surface area contributed by atoms with Gasteiger partial charge in [0.1, 0.15) is 5.92 Å². The maximum absolute atomic E-state index is 12.5. The third-order valence-electron chi connectivity index (χ3n) is 3.25. The van der Waals surface area contributed by atoms with Gasteiger partial charge in [0.2, 0.25) is 0 Å². The number of benzene rings is 2. The molecule has 0 amide bonds. The highest BCUT2D eigenvalue weighted by Crippen LogP contribution is 2.26. The first-order valence-electron chi connectivity index (χ1n) is 6.25. The maximum Gasteiger partial charge on any atom is 0.185 e. The van der Waals surface area contributed by atoms with Gasteiger partial charge in [0, 0.05) is 10.4 Å². The molecule has 1 heterocycles. The Labute approximate surface area is 120 Å². The summed E-state index contributed by atoms with van der Waals surface area (Å²) in [7, 11) is 0. The van der Waals surface area contributed by atoms with Crippen LogP contribution in [-0.4, -0.2) is 5.78 Å². The van der Waals surface area contributed by atoms with Gasteiger partial charge < -0.3 is 0 Å². The number of carbonyl (C=O) groups is 1. The number of hydrogen-bond acceptors (Lipinski definition) is 3. The van der Waals surface area contributed by atoms with E-state index in [1.54, 1.807) is 6.07 Å². The van der Waals surface area contributed by atoms with Crippen molar-refractivity contribution in [2.45, 2.75) is 5.92 Å². The molecule has 3 rings (SSSR count). The second kappa shape index (κ2) is 5.28. The molecule has 0 aliphatic heterocycles. The van der Waals surface area contributed by atoms with Crippen LogP contribution < -0.4 is 0 Å². The quantitative estimate of drug-likeness (QED) is 0.666. The lowest BCUT2D eigenvalue weighted by molar-refractivity contribution is 0.0980. The summed E-state index contributed by atoms with van der Waals surface area (Å²) in [6.45, 7) is 0. The van der Waals surface area contributed by atoms with Gasteiger partial charge >= 0.3 is 0 Å². The fourth-order valence-electron chi connectivity index (χ4n) is 2.22. The Kier molecular flexibility index (Phi) is 3.32. The smallest absolute Gasteiger partial charge is 0.185 e. The molecule has 0 aliphatic rings. The first-order chi connectivity index (χ1) is 9.79. The topological polar surface area (TPSA) is 40.9 Å². The molecule has 0 radical (unpaired) electrons. The molecule has 1 unspecified atom stereocenters. The van der Waals surface area contributed by atoms with E-state index in [0.717, 1.165) is 15.6 Å². The van der Waals surface area contributed by atoms with Gasteiger partial charge in [-0.1, -0.05) is 42.5 Å². The summed E-state index contributed by atoms with van der Waals surface area (Å²) >= 11 is 1.44. The zero-order valence-electron chi connectivity index (χ0n) is 10.6. The molecular formula is C17H11NOS. The fraction of sp³-hybridized carbons (Fsp3) is 0.0588. The average Bonchev–Trinajstić information content (AvgIpc) is 3.01. The zero-order chi connectivity index (χ0) is 13.9. The molecule has 0 aliphatic carbocycles. The predicted octanol–water partition coefficient (Wildman–Crippen LogP) is 4.39. The minimum absolute atomic E-state index is 0.138. The number of ketones is 1. The van der Waals surface area contributed by atoms with E-state index in [-0.39, 0.29) is 5.78 Å². The van der Waals surface area contributed by atoms with Crippen molar-refractivity contribution in [3.05, 3.63) is 70.4 Å². The molecule has 1 atom stereocenters. The number of Topliss-reactive ketones (excluding diaryl/α,β-unsaturated/α-hetero) is 1. The maximum atomic E-state index is 12.5. The van der Waals surface area contributed by atoms with Gasteiger partial charge in [-0.05, 0) is 28.3 Å². The second-order valence-electron chi connectivity index (χ2n) is 4.50. The normalized spacial score (nSPS) is 11.9. The second-order valence-corrected chi connectivity index (χ2v) is 5.48. The third kappa shape index (κ3) is 2.22. The molecule has 1 aromatic heterocycles. The van der Waals surface area contributed by atoms with Crippen molar-refractivity contribution < 1.29 is 4.79 Å². The van der Waals surface area contributed by atoms with E-state index in [1.807, 2.05) is 53.9 Å². The molecule has 96 valence electrons. The van der Waals surface area contributed by atoms with Crippen LogP contribution in [0.1, 0.15) is 21.2 Å². The summed E-state index contributed by atoms with van der Waals surface area (Å²) in [6, 6.07) is 19.3. The van der Waals surface area contributed by atoms with Crippen LogP contribution in [0, 0.1) is 11.3 Å². The molecule has 0 saturated heterocycles. The largest absolute Gasteiger partial charge is 0.292 e. The van der Waals surface area contributed by atoms with Crippen LogP contribution >= 0.6 is 11.3 Å². The van der Waals surface area contributed by atoms with Gasteiger partial charge in [-0.15, -0.1) is 11.3 Å². The summed E-state index contributed by atoms with van der Waals surface area (Å²) in [6.07, 6.45) is 0. The van der Waals surface area contributed by atoms with Crippen LogP contribution in [0.15, 0.2) is 60.0 Å². The molecular weight excluding hydrogens is 266 g/mol. The fourth-order valence-corrected chi connectivity index (χ4v) is 2.98. The van der Waals surface area contributed by atoms with Crippen LogP contribution in [0.3, 0.4) is 0 Å². The van der Waals surface area contributed by atoms with E-state index < -0.39 is 5.92 Å². The Hall–Kier alpha value is -2.44. The van der Waals surface area contributed by atoms with Gasteiger partial charge in [-0.25, -0.2) is 0 Å². The zero-order valence-corrected chi connectivity index (χ0v) is 11.4. The van der Waals surface area contributed by atoms with E-state index in [1.165, 1.54) is 11.3 Å². The minimum Gasteiger partial charge on any atom is -0.292 e. The lowest BCUT2D eigenvalue weighted by atomic mass is 9.95. The summed E-state index contributed by atoms with van der Waals surface area (Å²) < 4.78 is 0. The van der Waals surface area contributed by atoms with E-state index in [2.05, 4.69) is 6.07 Å². The summed E-state index contributed by atoms with van der Waals surface area (Å²) in [5.41, 5.74) is 0.587. The molecule has 2 aromatic carbocycles. The lowest BCUT2D eigenvalue weighted by Gasteiger charge is -2.07. The summed E-state index contributed by atoms with van der Waals surface area (Å²) in [5, 5.41) is 13.3. The lowest BCUT2D eigenvalue weighted by Crippen LogP contribution is -2.09. The van der Waals surface area contributed by atoms with Gasteiger partial charge in [0.05, 0.1) is 6.07 Å². The van der Waals surface area contributed by atoms with Crippen molar-refractivity contribution in [2.24, 2.45) is 0 Å². The molecule has 3 aromatic rings. The Morgan fingerprint density at radius 2 is 1.85 bits per heavy atom. The molecule has 2 nitrogen and oxygen atoms in total. The van der Waals surface area contributed by atoms with Gasteiger partial charge in [0.15, 0.2) is 5.78 Å². The van der Waals surface area contributed by atoms with Crippen LogP contribution in [-0.2, 0) is 0 Å². The van der Waals surface area contributed by atoms with Crippen molar-refractivity contribution in [3.63, 3.8) is 0 Å². The van der Waals surface area contributed by atoms with Gasteiger partial charge in [0.25, 0.3) is 0 Å². The highest BCUT2D eigenvalue weighted by Gasteiger charge is 2.22. The SMILES string of the molecule is N#CC(C(=O)c1ccc2ccccc2c1)c1cccs1. The highest BCUT2D eigenvalue weighted by molar-refractivity contribution is 7.10. The standard InChI is InChI=1S/C17H11NOS/c18-11-15(16-6-3-9-20-16)17(19)14-8-7-12-4-1-2-5-13(12)10-14/h1-10,15H. The highest BCUT2D eigenvalue weighted by atomic mass is 32.1. The Balaban J connectivity index is 2.02. The molecule has 0 spiro atoms. The monoisotopic (exact) mass is 277 g/mol. The number of thiophene rings is 1. The van der Waals surface area contributed by atoms with Gasteiger partial charge in [-0.2, -0.15) is 5.26 Å². The van der Waals surface area contributed by atoms with Gasteiger partial charge in [-0.3, -0.25) is 4.79 Å². The number of fused-ring (bicyclic) bond motifs is 1. The number of nitrogens with zero attached hydrogens (tertiary/aromatic N) is 1. The Bertz CT molecular complexity index is 799. The van der Waals surface area contributed by atoms with Crippen molar-refractivity contribution in [2.75, 3.05) is 0 Å². The molecule has 3 heteroatoms. The van der Waals surface area contributed by atoms with Crippen LogP contribution in [0.5, 0.6) is 0 Å². The van der Waals surface area contributed by atoms with E-state index in [9.17, 15) is 10.1 Å². The van der Waals surface area contributed by atoms with Crippen LogP contribution in [0.25, 0.3) is 10.8 Å². The first-order valence-corrected chi connectivity index (χ1v) is 7.13. The number of hydrogen-bond donors (Lipinski definition) is 0. The third-order valence-corrected chi connectivity index (χ3v) is 4.19. The van der Waals surface area contributed by atoms with E-state index in [0.29, 0.717) is 5.56 Å². The first kappa shape index (κ1) is 12.6. The Morgan fingerprint density at radius 3 is 2.55 bits per heavy atom. The van der Waals surface area contributed by atoms with Crippen LogP contribution in [0.2, 0.25) is 0 Å². The number of rotatable bonds is 3. The molecule has 20 heavy (non-hydrogen) atoms. The van der Waals surface area contributed by atoms with Crippen molar-refractivity contribution >= 4 is 27.9 Å². The summed E-state index contributed by atoms with van der Waals surface area (Å²) in [4.78, 5) is 13.3. The van der Waals surface area contributed by atoms with E-state index >= 15 is 0 Å². The molecule has 0 N–H and O–H groups in total. The van der Waals surface area contributed by atoms with Crippen molar-refractivity contribution in [3.8, 4) is 6.07 Å². The Morgan fingerprint density at radius 1 is 1.05 bits per heavy atom. The molecule has 0 bridgehead atoms. The number of carbonyl (C=O) groups excluding carboxylic acids is 1. The minimum atomic E-state index is -0.712. The predicted molar refractivity (Wildman–Crippen MR) is 81.0 cm³/mol. The van der Waals surface area contributed by atoms with E-state index in [4.69, 9.17) is 0 Å². The van der Waals surface area contributed by atoms with Crippen LogP contribution in [0.4, 0.5) is 0 Å². The molecule has 0 fully saturated rings. The van der Waals surface area contributed by atoms with Crippen molar-refractivity contribution in [1.82, 2.24) is 0 Å².